The molecule has 2 N–H and O–H groups in total. The molecule has 2 aliphatic rings. The summed E-state index contributed by atoms with van der Waals surface area (Å²) in [6.45, 7) is 1.14. The summed E-state index contributed by atoms with van der Waals surface area (Å²) >= 11 is 3.59. The molecule has 4 nitrogen and oxygen atoms in total. The molecule has 0 saturated heterocycles. The highest BCUT2D eigenvalue weighted by Crippen LogP contribution is 2.36. The van der Waals surface area contributed by atoms with Crippen molar-refractivity contribution in [2.75, 3.05) is 6.79 Å². The zero-order valence-corrected chi connectivity index (χ0v) is 15.4. The molecule has 1 unspecified atom stereocenters. The zero-order valence-electron chi connectivity index (χ0n) is 13.8. The van der Waals surface area contributed by atoms with Crippen molar-refractivity contribution in [2.24, 2.45) is 0 Å². The van der Waals surface area contributed by atoms with Gasteiger partial charge in [0.2, 0.25) is 6.79 Å². The minimum absolute atomic E-state index is 0.322. The highest BCUT2D eigenvalue weighted by Gasteiger charge is 2.24. The first-order valence-corrected chi connectivity index (χ1v) is 9.49. The van der Waals surface area contributed by atoms with Crippen LogP contribution >= 0.6 is 15.9 Å². The molecule has 1 aliphatic heterocycles. The first-order valence-electron chi connectivity index (χ1n) is 8.70. The molecular weight excluding hydrogens is 380 g/mol. The van der Waals surface area contributed by atoms with Crippen molar-refractivity contribution < 1.29 is 9.47 Å². The average molecular weight is 399 g/mol. The van der Waals surface area contributed by atoms with E-state index in [1.165, 1.54) is 34.1 Å². The van der Waals surface area contributed by atoms with Crippen LogP contribution in [0.3, 0.4) is 0 Å². The van der Waals surface area contributed by atoms with Crippen molar-refractivity contribution >= 4 is 26.8 Å². The Morgan fingerprint density at radius 2 is 2.04 bits per heavy atom. The molecule has 128 valence electrons. The van der Waals surface area contributed by atoms with E-state index in [9.17, 15) is 0 Å². The van der Waals surface area contributed by atoms with Gasteiger partial charge in [0.15, 0.2) is 11.5 Å². The van der Waals surface area contributed by atoms with Gasteiger partial charge in [-0.05, 0) is 60.7 Å². The van der Waals surface area contributed by atoms with E-state index in [0.717, 1.165) is 35.4 Å². The minimum Gasteiger partial charge on any atom is -0.454 e. The van der Waals surface area contributed by atoms with E-state index >= 15 is 0 Å². The maximum Gasteiger partial charge on any atom is 0.231 e. The average Bonchev–Trinajstić information content (AvgIpc) is 3.23. The molecular formula is C20H19BrN2O2. The van der Waals surface area contributed by atoms with Crippen LogP contribution in [0.25, 0.3) is 10.9 Å². The van der Waals surface area contributed by atoms with Crippen molar-refractivity contribution in [2.45, 2.75) is 31.8 Å². The van der Waals surface area contributed by atoms with Crippen LogP contribution in [0.15, 0.2) is 40.9 Å². The molecule has 3 aromatic rings. The smallest absolute Gasteiger partial charge is 0.231 e. The Balaban J connectivity index is 1.40. The van der Waals surface area contributed by atoms with E-state index in [0.29, 0.717) is 12.8 Å². The Morgan fingerprint density at radius 3 is 3.00 bits per heavy atom. The fourth-order valence-electron chi connectivity index (χ4n) is 3.93. The van der Waals surface area contributed by atoms with Crippen LogP contribution in [0.1, 0.15) is 35.7 Å². The maximum absolute atomic E-state index is 5.48. The molecule has 25 heavy (non-hydrogen) atoms. The zero-order chi connectivity index (χ0) is 16.8. The number of hydrogen-bond donors (Lipinski definition) is 2. The quantitative estimate of drug-likeness (QED) is 0.664. The number of nitrogens with one attached hydrogen (secondary N) is 2. The second kappa shape index (κ2) is 6.07. The van der Waals surface area contributed by atoms with Crippen LogP contribution in [0.5, 0.6) is 11.5 Å². The minimum atomic E-state index is 0.322. The molecule has 1 aliphatic carbocycles. The van der Waals surface area contributed by atoms with Gasteiger partial charge in [-0.15, -0.1) is 0 Å². The number of aromatic nitrogens is 1. The summed E-state index contributed by atoms with van der Waals surface area (Å²) in [5.41, 5.74) is 5.26. The number of halogens is 1. The molecule has 5 rings (SSSR count). The van der Waals surface area contributed by atoms with Crippen LogP contribution < -0.4 is 14.8 Å². The molecule has 0 saturated carbocycles. The molecule has 0 amide bonds. The highest BCUT2D eigenvalue weighted by atomic mass is 79.9. The van der Waals surface area contributed by atoms with Gasteiger partial charge in [-0.2, -0.15) is 0 Å². The number of aromatic amines is 1. The first-order chi connectivity index (χ1) is 12.3. The molecule has 2 heterocycles. The van der Waals surface area contributed by atoms with Gasteiger partial charge in [0.1, 0.15) is 0 Å². The Kier molecular flexibility index (Phi) is 3.71. The molecule has 0 radical (unpaired) electrons. The molecule has 1 aromatic heterocycles. The fraction of sp³-hybridized carbons (Fsp3) is 0.300. The van der Waals surface area contributed by atoms with Gasteiger partial charge in [0.05, 0.1) is 0 Å². The number of aryl methyl sites for hydroxylation is 1. The van der Waals surface area contributed by atoms with E-state index in [2.05, 4.69) is 56.6 Å². The number of rotatable bonds is 3. The third-order valence-electron chi connectivity index (χ3n) is 5.16. The van der Waals surface area contributed by atoms with Crippen LogP contribution in [0, 0.1) is 0 Å². The lowest BCUT2D eigenvalue weighted by Crippen LogP contribution is -2.24. The standard InChI is InChI=1S/C20H19BrN2O2/c21-13-5-6-16-15(9-13)14-2-1-3-17(20(14)23-16)22-10-12-4-7-18-19(8-12)25-11-24-18/h4-9,17,22-23H,1-3,10-11H2. The first kappa shape index (κ1) is 15.3. The lowest BCUT2D eigenvalue weighted by Gasteiger charge is -2.24. The van der Waals surface area contributed by atoms with Gasteiger partial charge in [-0.25, -0.2) is 0 Å². The second-order valence-electron chi connectivity index (χ2n) is 6.72. The molecule has 0 spiro atoms. The summed E-state index contributed by atoms with van der Waals surface area (Å²) < 4.78 is 12.0. The Hall–Kier alpha value is -1.98. The predicted molar refractivity (Wildman–Crippen MR) is 101 cm³/mol. The summed E-state index contributed by atoms with van der Waals surface area (Å²) in [7, 11) is 0. The topological polar surface area (TPSA) is 46.3 Å². The van der Waals surface area contributed by atoms with Crippen LogP contribution in [0.2, 0.25) is 0 Å². The van der Waals surface area contributed by atoms with Crippen molar-refractivity contribution in [3.05, 3.63) is 57.7 Å². The summed E-state index contributed by atoms with van der Waals surface area (Å²) in [5.74, 6) is 1.68. The Labute approximate surface area is 154 Å². The summed E-state index contributed by atoms with van der Waals surface area (Å²) in [4.78, 5) is 3.64. The number of H-pyrrole nitrogens is 1. The van der Waals surface area contributed by atoms with E-state index in [1.54, 1.807) is 0 Å². The van der Waals surface area contributed by atoms with Crippen molar-refractivity contribution in [1.82, 2.24) is 10.3 Å². The molecule has 0 bridgehead atoms. The third kappa shape index (κ3) is 2.71. The largest absolute Gasteiger partial charge is 0.454 e. The second-order valence-corrected chi connectivity index (χ2v) is 7.64. The van der Waals surface area contributed by atoms with E-state index in [1.807, 2.05) is 6.07 Å². The fourth-order valence-corrected chi connectivity index (χ4v) is 4.29. The predicted octanol–water partition coefficient (Wildman–Crippen LogP) is 4.83. The SMILES string of the molecule is Brc1ccc2[nH]c3c(c2c1)CCCC3NCc1ccc2c(c1)OCO2. The van der Waals surface area contributed by atoms with Gasteiger partial charge in [0, 0.05) is 33.7 Å². The maximum atomic E-state index is 5.48. The monoisotopic (exact) mass is 398 g/mol. The van der Waals surface area contributed by atoms with Crippen LogP contribution in [-0.4, -0.2) is 11.8 Å². The Morgan fingerprint density at radius 1 is 1.12 bits per heavy atom. The van der Waals surface area contributed by atoms with E-state index in [4.69, 9.17) is 9.47 Å². The van der Waals surface area contributed by atoms with Gasteiger partial charge >= 0.3 is 0 Å². The van der Waals surface area contributed by atoms with Crippen LogP contribution in [-0.2, 0) is 13.0 Å². The van der Waals surface area contributed by atoms with Gasteiger partial charge in [0.25, 0.3) is 0 Å². The summed E-state index contributed by atoms with van der Waals surface area (Å²) in [6.07, 6.45) is 3.52. The molecule has 1 atom stereocenters. The number of fused-ring (bicyclic) bond motifs is 4. The number of ether oxygens (including phenoxy) is 2. The van der Waals surface area contributed by atoms with Crippen molar-refractivity contribution in [1.29, 1.82) is 0 Å². The highest BCUT2D eigenvalue weighted by molar-refractivity contribution is 9.10. The third-order valence-corrected chi connectivity index (χ3v) is 5.65. The molecule has 5 heteroatoms. The van der Waals surface area contributed by atoms with Gasteiger partial charge in [-0.1, -0.05) is 22.0 Å². The van der Waals surface area contributed by atoms with Gasteiger partial charge in [-0.3, -0.25) is 0 Å². The number of benzene rings is 2. The summed E-state index contributed by atoms with van der Waals surface area (Å²) in [6, 6.07) is 13.0. The molecule has 2 aromatic carbocycles. The van der Waals surface area contributed by atoms with Crippen molar-refractivity contribution in [3.63, 3.8) is 0 Å². The normalized spacial score (nSPS) is 18.5. The lowest BCUT2D eigenvalue weighted by atomic mass is 9.91. The van der Waals surface area contributed by atoms with Crippen LogP contribution in [0.4, 0.5) is 0 Å². The Bertz CT molecular complexity index is 950. The summed E-state index contributed by atoms with van der Waals surface area (Å²) in [5, 5.41) is 5.07. The van der Waals surface area contributed by atoms with Gasteiger partial charge < -0.3 is 19.8 Å². The van der Waals surface area contributed by atoms with E-state index < -0.39 is 0 Å². The van der Waals surface area contributed by atoms with Crippen molar-refractivity contribution in [3.8, 4) is 11.5 Å². The number of hydrogen-bond acceptors (Lipinski definition) is 3. The molecule has 0 fully saturated rings. The van der Waals surface area contributed by atoms with E-state index in [-0.39, 0.29) is 0 Å². The lowest BCUT2D eigenvalue weighted by molar-refractivity contribution is 0.174.